The van der Waals surface area contributed by atoms with E-state index in [0.29, 0.717) is 40.3 Å². The maximum atomic E-state index is 13.9. The number of hydrogen-bond donors (Lipinski definition) is 2. The average Bonchev–Trinajstić information content (AvgIpc) is 3.72. The number of hydroxylamine groups is 1. The number of aromatic nitrogens is 3. The van der Waals surface area contributed by atoms with Crippen LogP contribution in [-0.4, -0.2) is 96.6 Å². The van der Waals surface area contributed by atoms with Gasteiger partial charge in [-0.2, -0.15) is 8.61 Å². The number of sulfonamides is 2. The van der Waals surface area contributed by atoms with Gasteiger partial charge in [0, 0.05) is 48.3 Å². The van der Waals surface area contributed by atoms with Crippen LogP contribution in [0.15, 0.2) is 52.1 Å². The summed E-state index contributed by atoms with van der Waals surface area (Å²) in [6, 6.07) is 8.83. The number of halogens is 1. The van der Waals surface area contributed by atoms with Gasteiger partial charge in [0.25, 0.3) is 15.9 Å². The minimum absolute atomic E-state index is 0.0343. The van der Waals surface area contributed by atoms with Crippen LogP contribution in [0.3, 0.4) is 0 Å². The first kappa shape index (κ1) is 32.3. The molecule has 2 aromatic heterocycles. The zero-order valence-electron chi connectivity index (χ0n) is 22.9. The molecule has 4 heterocycles. The molecular weight excluding hydrogens is 660 g/mol. The van der Waals surface area contributed by atoms with Crippen LogP contribution in [-0.2, 0) is 34.4 Å². The number of carbonyl (C=O) groups excluding carboxylic acids is 1. The molecule has 5 rings (SSSR count). The van der Waals surface area contributed by atoms with Crippen molar-refractivity contribution in [2.45, 2.75) is 47.4 Å². The van der Waals surface area contributed by atoms with Crippen molar-refractivity contribution in [3.05, 3.63) is 47.7 Å². The Kier molecular flexibility index (Phi) is 10.8. The molecule has 2 N–H and O–H groups in total. The highest BCUT2D eigenvalue weighted by Gasteiger charge is 2.44. The second kappa shape index (κ2) is 14.3. The third kappa shape index (κ3) is 8.15. The molecule has 2 fully saturated rings. The van der Waals surface area contributed by atoms with E-state index in [1.54, 1.807) is 30.3 Å². The molecule has 43 heavy (non-hydrogen) atoms. The number of ether oxygens (including phenoxy) is 1. The van der Waals surface area contributed by atoms with E-state index in [1.807, 2.05) is 0 Å². The fourth-order valence-electron chi connectivity index (χ4n) is 4.64. The third-order valence-electron chi connectivity index (χ3n) is 6.86. The molecule has 0 radical (unpaired) electrons. The Hall–Kier alpha value is -2.09. The Bertz CT molecular complexity index is 1580. The summed E-state index contributed by atoms with van der Waals surface area (Å²) < 4.78 is 62.0. The highest BCUT2D eigenvalue weighted by Crippen LogP contribution is 2.34. The van der Waals surface area contributed by atoms with Gasteiger partial charge in [-0.25, -0.2) is 32.1 Å². The van der Waals surface area contributed by atoms with E-state index in [2.05, 4.69) is 20.7 Å². The molecule has 2 aliphatic heterocycles. The first-order valence-corrected chi connectivity index (χ1v) is 18.8. The van der Waals surface area contributed by atoms with Crippen molar-refractivity contribution in [3.8, 4) is 10.4 Å². The third-order valence-corrected chi connectivity index (χ3v) is 13.5. The molecule has 1 unspecified atom stereocenters. The SMILES string of the molecule is O=C(NOC1CCCCO1)[C@H]1CN(S(=O)(=O)CCCSc2nc[nH]n2)CCN1S(=O)(=O)c1ccc(-c2ccc(Cl)cc2)s1. The number of carbonyl (C=O) groups is 1. The van der Waals surface area contributed by atoms with Crippen molar-refractivity contribution < 1.29 is 31.2 Å². The maximum Gasteiger partial charge on any atom is 0.263 e. The number of nitrogens with one attached hydrogen (secondary N) is 2. The van der Waals surface area contributed by atoms with Gasteiger partial charge in [-0.15, -0.1) is 16.4 Å². The first-order valence-electron chi connectivity index (χ1n) is 13.5. The number of piperazine rings is 1. The van der Waals surface area contributed by atoms with E-state index in [0.717, 1.165) is 34.0 Å². The normalized spacial score (nSPS) is 20.7. The van der Waals surface area contributed by atoms with Crippen molar-refractivity contribution in [1.82, 2.24) is 29.3 Å². The second-order valence-electron chi connectivity index (χ2n) is 9.80. The van der Waals surface area contributed by atoms with Crippen molar-refractivity contribution in [2.75, 3.05) is 37.7 Å². The van der Waals surface area contributed by atoms with Crippen molar-refractivity contribution in [1.29, 1.82) is 0 Å². The van der Waals surface area contributed by atoms with Crippen LogP contribution in [0.2, 0.25) is 5.02 Å². The number of aromatic amines is 1. The number of hydrogen-bond acceptors (Lipinski definition) is 11. The van der Waals surface area contributed by atoms with Crippen molar-refractivity contribution in [2.24, 2.45) is 0 Å². The molecule has 3 aromatic rings. The number of thioether (sulfide) groups is 1. The van der Waals surface area contributed by atoms with E-state index < -0.39 is 38.3 Å². The number of thiophene rings is 1. The predicted molar refractivity (Wildman–Crippen MR) is 162 cm³/mol. The smallest absolute Gasteiger partial charge is 0.263 e. The summed E-state index contributed by atoms with van der Waals surface area (Å²) in [5.41, 5.74) is 3.13. The second-order valence-corrected chi connectivity index (χ2v) is 16.6. The lowest BCUT2D eigenvalue weighted by Gasteiger charge is -2.38. The van der Waals surface area contributed by atoms with Gasteiger partial charge in [-0.05, 0) is 49.1 Å². The van der Waals surface area contributed by atoms with Gasteiger partial charge in [0.05, 0.1) is 5.75 Å². The van der Waals surface area contributed by atoms with Gasteiger partial charge in [0.1, 0.15) is 16.6 Å². The average molecular weight is 691 g/mol. The molecular formula is C25H31ClN6O7S4. The molecule has 1 amide bonds. The number of amides is 1. The summed E-state index contributed by atoms with van der Waals surface area (Å²) in [5.74, 6) is -0.473. The molecule has 0 saturated carbocycles. The Balaban J connectivity index is 1.31. The van der Waals surface area contributed by atoms with Gasteiger partial charge in [0.2, 0.25) is 15.2 Å². The summed E-state index contributed by atoms with van der Waals surface area (Å²) >= 11 is 8.37. The number of nitrogens with zero attached hydrogens (tertiary/aromatic N) is 4. The summed E-state index contributed by atoms with van der Waals surface area (Å²) in [6.07, 6.45) is 3.41. The summed E-state index contributed by atoms with van der Waals surface area (Å²) in [5, 5.41) is 7.61. The predicted octanol–water partition coefficient (Wildman–Crippen LogP) is 2.95. The highest BCUT2D eigenvalue weighted by molar-refractivity contribution is 7.99. The molecule has 13 nitrogen and oxygen atoms in total. The molecule has 2 saturated heterocycles. The lowest BCUT2D eigenvalue weighted by atomic mass is 10.2. The lowest BCUT2D eigenvalue weighted by Crippen LogP contribution is -2.61. The fraction of sp³-hybridized carbons (Fsp3) is 0.480. The van der Waals surface area contributed by atoms with Crippen molar-refractivity contribution >= 4 is 60.7 Å². The van der Waals surface area contributed by atoms with Crippen LogP contribution in [0.25, 0.3) is 10.4 Å². The molecule has 0 spiro atoms. The van der Waals surface area contributed by atoms with Gasteiger partial charge < -0.3 is 4.74 Å². The van der Waals surface area contributed by atoms with Gasteiger partial charge >= 0.3 is 0 Å². The quantitative estimate of drug-likeness (QED) is 0.164. The molecule has 0 aliphatic carbocycles. The molecule has 2 aliphatic rings. The lowest BCUT2D eigenvalue weighted by molar-refractivity contribution is -0.202. The van der Waals surface area contributed by atoms with Crippen LogP contribution in [0.1, 0.15) is 25.7 Å². The molecule has 2 atom stereocenters. The van der Waals surface area contributed by atoms with Crippen LogP contribution in [0, 0.1) is 0 Å². The highest BCUT2D eigenvalue weighted by atomic mass is 35.5. The minimum atomic E-state index is -4.17. The van der Waals surface area contributed by atoms with Gasteiger partial charge in [-0.1, -0.05) is 35.5 Å². The zero-order chi connectivity index (χ0) is 30.5. The van der Waals surface area contributed by atoms with E-state index in [-0.39, 0.29) is 29.6 Å². The van der Waals surface area contributed by atoms with Crippen LogP contribution < -0.4 is 5.48 Å². The number of rotatable bonds is 12. The number of H-pyrrole nitrogens is 1. The Labute approximate surface area is 263 Å². The van der Waals surface area contributed by atoms with Crippen LogP contribution >= 0.6 is 34.7 Å². The van der Waals surface area contributed by atoms with Crippen molar-refractivity contribution in [3.63, 3.8) is 0 Å². The summed E-state index contributed by atoms with van der Waals surface area (Å²) in [6.45, 7) is -0.174. The first-order chi connectivity index (χ1) is 20.6. The summed E-state index contributed by atoms with van der Waals surface area (Å²) in [7, 11) is -7.97. The Morgan fingerprint density at radius 2 is 1.98 bits per heavy atom. The van der Waals surface area contributed by atoms with E-state index in [9.17, 15) is 21.6 Å². The molecule has 234 valence electrons. The zero-order valence-corrected chi connectivity index (χ0v) is 26.9. The van der Waals surface area contributed by atoms with Crippen LogP contribution in [0.4, 0.5) is 0 Å². The topological polar surface area (TPSA) is 164 Å². The Morgan fingerprint density at radius 1 is 1.16 bits per heavy atom. The maximum absolute atomic E-state index is 13.9. The standard InChI is InChI=1S/C25H31ClN6O7S4/c26-19-7-5-18(6-8-19)21-9-10-23(41-21)43(36,37)32-12-11-31(42(34,35)15-3-14-40-25-27-17-28-29-25)16-20(32)24(33)30-39-22-4-1-2-13-38-22/h5-10,17,20,22H,1-4,11-16H2,(H,30,33)(H,27,28,29)/t20-,22?/m1/s1. The monoisotopic (exact) mass is 690 g/mol. The molecule has 1 aromatic carbocycles. The van der Waals surface area contributed by atoms with E-state index >= 15 is 0 Å². The van der Waals surface area contributed by atoms with E-state index in [1.165, 1.54) is 28.5 Å². The minimum Gasteiger partial charge on any atom is -0.350 e. The Morgan fingerprint density at radius 3 is 2.70 bits per heavy atom. The van der Waals surface area contributed by atoms with Gasteiger partial charge in [-0.3, -0.25) is 9.89 Å². The number of benzene rings is 1. The van der Waals surface area contributed by atoms with E-state index in [4.69, 9.17) is 21.2 Å². The van der Waals surface area contributed by atoms with Gasteiger partial charge in [0.15, 0.2) is 6.29 Å². The fourth-order valence-corrected chi connectivity index (χ4v) is 10.2. The van der Waals surface area contributed by atoms with Crippen LogP contribution in [0.5, 0.6) is 0 Å². The summed E-state index contributed by atoms with van der Waals surface area (Å²) in [4.78, 5) is 23.5. The molecule has 0 bridgehead atoms. The molecule has 18 heteroatoms. The largest absolute Gasteiger partial charge is 0.350 e.